The van der Waals surface area contributed by atoms with Gasteiger partial charge >= 0.3 is 13.8 Å². The van der Waals surface area contributed by atoms with Crippen LogP contribution < -0.4 is 10.0 Å². The fourth-order valence-electron chi connectivity index (χ4n) is 1.10. The van der Waals surface area contributed by atoms with Crippen molar-refractivity contribution in [2.45, 2.75) is 0 Å². The molecule has 2 rings (SSSR count). The van der Waals surface area contributed by atoms with Crippen molar-refractivity contribution in [3.05, 3.63) is 24.3 Å². The molecule has 0 saturated heterocycles. The Kier molecular flexibility index (Phi) is 2.03. The topological polar surface area (TPSA) is 101 Å². The van der Waals surface area contributed by atoms with Crippen LogP contribution in [0.5, 0.6) is 6.01 Å². The first-order valence-electron chi connectivity index (χ1n) is 3.80. The van der Waals surface area contributed by atoms with E-state index < -0.39 is 7.75 Å². The molecule has 0 bridgehead atoms. The van der Waals surface area contributed by atoms with E-state index >= 15 is 0 Å². The summed E-state index contributed by atoms with van der Waals surface area (Å²) in [5.41, 5.74) is 6.19. The number of nitrogens with zero attached hydrogens (tertiary/aromatic N) is 1. The van der Waals surface area contributed by atoms with Crippen LogP contribution in [0.1, 0.15) is 0 Å². The highest BCUT2D eigenvalue weighted by Crippen LogP contribution is 2.32. The van der Waals surface area contributed by atoms with E-state index in [1.54, 1.807) is 18.2 Å². The smallest absolute Gasteiger partial charge is 0.379 e. The lowest BCUT2D eigenvalue weighted by Gasteiger charge is -2.02. The molecule has 1 atom stereocenters. The van der Waals surface area contributed by atoms with Crippen molar-refractivity contribution in [1.29, 1.82) is 0 Å². The minimum Gasteiger partial charge on any atom is -0.379 e. The Labute approximate surface area is 79.3 Å². The molecule has 1 aromatic carbocycles. The van der Waals surface area contributed by atoms with Crippen LogP contribution in [0.25, 0.3) is 11.0 Å². The summed E-state index contributed by atoms with van der Waals surface area (Å²) in [6.45, 7) is 0. The molecule has 0 aliphatic rings. The van der Waals surface area contributed by atoms with Crippen LogP contribution in [0.3, 0.4) is 0 Å². The largest absolute Gasteiger partial charge is 0.455 e. The standard InChI is InChI=1S/C7H8N3O3P/c8-14(11,12)13-7-9-5-3-1-2-4-6(5)10-7/h1-4H,(H,9,10)(H3,8,11,12). The molecule has 0 amide bonds. The van der Waals surface area contributed by atoms with E-state index in [0.29, 0.717) is 5.52 Å². The number of benzene rings is 1. The van der Waals surface area contributed by atoms with Crippen molar-refractivity contribution in [1.82, 2.24) is 9.97 Å². The van der Waals surface area contributed by atoms with Gasteiger partial charge in [0.1, 0.15) is 0 Å². The van der Waals surface area contributed by atoms with Gasteiger partial charge in [0, 0.05) is 0 Å². The SMILES string of the molecule is NP(=O)(O)Oc1nc2ccccc2[nH]1. The molecule has 1 heterocycles. The predicted molar refractivity (Wildman–Crippen MR) is 50.7 cm³/mol. The number of fused-ring (bicyclic) bond motifs is 1. The molecule has 1 unspecified atom stereocenters. The van der Waals surface area contributed by atoms with Gasteiger partial charge < -0.3 is 14.4 Å². The van der Waals surface area contributed by atoms with E-state index in [1.165, 1.54) is 0 Å². The van der Waals surface area contributed by atoms with Crippen molar-refractivity contribution in [2.24, 2.45) is 5.50 Å². The molecule has 4 N–H and O–H groups in total. The number of rotatable bonds is 2. The molecular formula is C7H8N3O3P. The lowest BCUT2D eigenvalue weighted by molar-refractivity contribution is 0.370. The summed E-state index contributed by atoms with van der Waals surface area (Å²) in [5, 5.41) is 0. The summed E-state index contributed by atoms with van der Waals surface area (Å²) in [6, 6.07) is 7.07. The van der Waals surface area contributed by atoms with Crippen molar-refractivity contribution in [3.63, 3.8) is 0 Å². The molecule has 14 heavy (non-hydrogen) atoms. The van der Waals surface area contributed by atoms with Crippen LogP contribution >= 0.6 is 7.75 Å². The first kappa shape index (κ1) is 9.21. The first-order valence-corrected chi connectivity index (χ1v) is 5.45. The Hall–Kier alpha value is -1.36. The Morgan fingerprint density at radius 1 is 1.50 bits per heavy atom. The normalized spacial score (nSPS) is 15.3. The number of H-pyrrole nitrogens is 1. The number of nitrogens with one attached hydrogen (secondary N) is 1. The maximum absolute atomic E-state index is 10.7. The lowest BCUT2D eigenvalue weighted by atomic mass is 10.3. The first-order chi connectivity index (χ1) is 6.54. The van der Waals surface area contributed by atoms with Crippen LogP contribution in [0.2, 0.25) is 0 Å². The van der Waals surface area contributed by atoms with Crippen LogP contribution in [0.15, 0.2) is 24.3 Å². The van der Waals surface area contributed by atoms with Gasteiger partial charge in [-0.2, -0.15) is 4.98 Å². The molecule has 6 nitrogen and oxygen atoms in total. The fourth-order valence-corrected chi connectivity index (χ4v) is 1.43. The number of nitrogens with two attached hydrogens (primary N) is 1. The number of para-hydroxylation sites is 2. The van der Waals surface area contributed by atoms with Crippen molar-refractivity contribution >= 4 is 18.8 Å². The zero-order chi connectivity index (χ0) is 10.2. The predicted octanol–water partition coefficient (Wildman–Crippen LogP) is 1.00. The average molecular weight is 213 g/mol. The van der Waals surface area contributed by atoms with E-state index in [4.69, 9.17) is 10.4 Å². The van der Waals surface area contributed by atoms with Crippen LogP contribution in [0.4, 0.5) is 0 Å². The van der Waals surface area contributed by atoms with Crippen LogP contribution in [0, 0.1) is 0 Å². The molecule has 0 aliphatic carbocycles. The Bertz CT molecular complexity index is 471. The van der Waals surface area contributed by atoms with E-state index in [2.05, 4.69) is 14.5 Å². The third-order valence-electron chi connectivity index (χ3n) is 1.58. The molecule has 0 radical (unpaired) electrons. The zero-order valence-electron chi connectivity index (χ0n) is 7.04. The molecule has 0 spiro atoms. The monoisotopic (exact) mass is 213 g/mol. The van der Waals surface area contributed by atoms with Gasteiger partial charge in [0.25, 0.3) is 0 Å². The Morgan fingerprint density at radius 2 is 2.21 bits per heavy atom. The molecule has 0 saturated carbocycles. The summed E-state index contributed by atoms with van der Waals surface area (Å²) in [5.74, 6) is 0. The highest BCUT2D eigenvalue weighted by molar-refractivity contribution is 7.50. The number of aromatic amines is 1. The van der Waals surface area contributed by atoms with Gasteiger partial charge in [-0.15, -0.1) is 0 Å². The second kappa shape index (κ2) is 3.09. The second-order valence-electron chi connectivity index (χ2n) is 2.71. The molecule has 0 fully saturated rings. The van der Waals surface area contributed by atoms with Crippen LogP contribution in [-0.4, -0.2) is 14.9 Å². The quantitative estimate of drug-likeness (QED) is 0.646. The van der Waals surface area contributed by atoms with Gasteiger partial charge in [-0.25, -0.2) is 10.1 Å². The Balaban J connectivity index is 2.41. The number of imidazole rings is 1. The summed E-state index contributed by atoms with van der Waals surface area (Å²) in [6.07, 6.45) is 0. The minimum atomic E-state index is -4.04. The molecule has 0 aliphatic heterocycles. The number of hydrogen-bond donors (Lipinski definition) is 3. The van der Waals surface area contributed by atoms with Gasteiger partial charge in [-0.05, 0) is 12.1 Å². The van der Waals surface area contributed by atoms with E-state index in [0.717, 1.165) is 5.52 Å². The molecule has 1 aromatic heterocycles. The van der Waals surface area contributed by atoms with Crippen LogP contribution in [-0.2, 0) is 4.57 Å². The summed E-state index contributed by atoms with van der Waals surface area (Å²) in [7, 11) is -4.04. The zero-order valence-corrected chi connectivity index (χ0v) is 7.94. The summed E-state index contributed by atoms with van der Waals surface area (Å²) in [4.78, 5) is 15.4. The van der Waals surface area contributed by atoms with Gasteiger partial charge in [-0.3, -0.25) is 0 Å². The molecular weight excluding hydrogens is 205 g/mol. The van der Waals surface area contributed by atoms with E-state index in [1.807, 2.05) is 6.07 Å². The van der Waals surface area contributed by atoms with E-state index in [-0.39, 0.29) is 6.01 Å². The average Bonchev–Trinajstić information content (AvgIpc) is 2.42. The molecule has 7 heteroatoms. The van der Waals surface area contributed by atoms with Gasteiger partial charge in [0.15, 0.2) is 0 Å². The maximum atomic E-state index is 10.7. The van der Waals surface area contributed by atoms with Gasteiger partial charge in [0.05, 0.1) is 11.0 Å². The Morgan fingerprint density at radius 3 is 2.86 bits per heavy atom. The van der Waals surface area contributed by atoms with Crippen molar-refractivity contribution in [3.8, 4) is 6.01 Å². The number of aromatic nitrogens is 2. The molecule has 2 aromatic rings. The van der Waals surface area contributed by atoms with E-state index in [9.17, 15) is 4.57 Å². The third kappa shape index (κ3) is 1.93. The molecule has 74 valence electrons. The maximum Gasteiger partial charge on any atom is 0.455 e. The summed E-state index contributed by atoms with van der Waals surface area (Å²) >= 11 is 0. The second-order valence-corrected chi connectivity index (χ2v) is 4.03. The third-order valence-corrected chi connectivity index (χ3v) is 2.02. The lowest BCUT2D eigenvalue weighted by Crippen LogP contribution is -2.01. The highest BCUT2D eigenvalue weighted by atomic mass is 31.2. The number of hydrogen-bond acceptors (Lipinski definition) is 3. The fraction of sp³-hybridized carbons (Fsp3) is 0. The summed E-state index contributed by atoms with van der Waals surface area (Å²) < 4.78 is 15.2. The minimum absolute atomic E-state index is 0.0560. The van der Waals surface area contributed by atoms with Gasteiger partial charge in [-0.1, -0.05) is 12.1 Å². The van der Waals surface area contributed by atoms with Crippen molar-refractivity contribution < 1.29 is 14.0 Å². The van der Waals surface area contributed by atoms with Crippen molar-refractivity contribution in [2.75, 3.05) is 0 Å². The highest BCUT2D eigenvalue weighted by Gasteiger charge is 2.15. The van der Waals surface area contributed by atoms with Gasteiger partial charge in [0.2, 0.25) is 0 Å².